The number of benzene rings is 2. The summed E-state index contributed by atoms with van der Waals surface area (Å²) in [5.41, 5.74) is 3.31. The normalized spacial score (nSPS) is 20.9. The van der Waals surface area contributed by atoms with Gasteiger partial charge in [-0.2, -0.15) is 0 Å². The standard InChI is InChI=1S/C27H24F3N3O2/c1-16-14-32(15-31-16)24-9-6-17(11-25(24)35-2)10-18-7-8-20-4-3-5-23(33(20)27(18)34)19-12-21(28)26(30)22(29)13-19/h3,5-6,9-15,20,23H,4,7-8H2,1-2H3/t20-,23-/m0/s1. The molecule has 0 bridgehead atoms. The third-order valence-electron chi connectivity index (χ3n) is 6.56. The summed E-state index contributed by atoms with van der Waals surface area (Å²) in [6.07, 6.45) is 11.0. The molecule has 0 unspecified atom stereocenters. The van der Waals surface area contributed by atoms with Gasteiger partial charge in [0.2, 0.25) is 0 Å². The Kier molecular flexibility index (Phi) is 5.96. The smallest absolute Gasteiger partial charge is 0.250 e. The Balaban J connectivity index is 1.47. The van der Waals surface area contributed by atoms with Gasteiger partial charge in [-0.15, -0.1) is 0 Å². The predicted molar refractivity (Wildman–Crippen MR) is 126 cm³/mol. The van der Waals surface area contributed by atoms with Crippen LogP contribution in [0, 0.1) is 24.4 Å². The highest BCUT2D eigenvalue weighted by molar-refractivity contribution is 5.99. The van der Waals surface area contributed by atoms with Gasteiger partial charge >= 0.3 is 0 Å². The van der Waals surface area contributed by atoms with Crippen LogP contribution in [0.15, 0.2) is 60.6 Å². The predicted octanol–water partition coefficient (Wildman–Crippen LogP) is 5.68. The van der Waals surface area contributed by atoms with Crippen LogP contribution < -0.4 is 4.74 Å². The lowest BCUT2D eigenvalue weighted by Gasteiger charge is -2.43. The lowest BCUT2D eigenvalue weighted by atomic mass is 9.87. The number of aromatic nitrogens is 2. The molecule has 1 aromatic heterocycles. The third-order valence-corrected chi connectivity index (χ3v) is 6.56. The van der Waals surface area contributed by atoms with Crippen molar-refractivity contribution in [1.29, 1.82) is 0 Å². The molecule has 0 N–H and O–H groups in total. The molecule has 35 heavy (non-hydrogen) atoms. The van der Waals surface area contributed by atoms with E-state index in [-0.39, 0.29) is 17.5 Å². The van der Waals surface area contributed by atoms with E-state index in [4.69, 9.17) is 4.74 Å². The Bertz CT molecular complexity index is 1340. The van der Waals surface area contributed by atoms with Crippen molar-refractivity contribution in [2.75, 3.05) is 7.11 Å². The Morgan fingerprint density at radius 1 is 1.14 bits per heavy atom. The van der Waals surface area contributed by atoms with E-state index in [1.54, 1.807) is 24.4 Å². The fourth-order valence-electron chi connectivity index (χ4n) is 4.84. The number of aryl methyl sites for hydroxylation is 1. The number of carbonyl (C=O) groups is 1. The molecule has 180 valence electrons. The van der Waals surface area contributed by atoms with Gasteiger partial charge in [-0.1, -0.05) is 18.2 Å². The van der Waals surface area contributed by atoms with Crippen LogP contribution in [0.5, 0.6) is 5.75 Å². The molecular weight excluding hydrogens is 455 g/mol. The molecule has 0 radical (unpaired) electrons. The maximum absolute atomic E-state index is 13.9. The van der Waals surface area contributed by atoms with Gasteiger partial charge < -0.3 is 14.2 Å². The number of piperidine rings is 1. The fraction of sp³-hybridized carbons (Fsp3) is 0.259. The van der Waals surface area contributed by atoms with Crippen LogP contribution in [-0.4, -0.2) is 33.5 Å². The van der Waals surface area contributed by atoms with Gasteiger partial charge in [0.15, 0.2) is 17.5 Å². The molecule has 1 amide bonds. The van der Waals surface area contributed by atoms with E-state index in [0.717, 1.165) is 29.1 Å². The molecule has 1 saturated heterocycles. The highest BCUT2D eigenvalue weighted by Gasteiger charge is 2.38. The average Bonchev–Trinajstić information content (AvgIpc) is 3.29. The SMILES string of the molecule is COc1cc(C=C2CC[C@@H]3CC=C[C@@H](c4cc(F)c(F)c(F)c4)N3C2=O)ccc1-n1cnc(C)c1. The molecule has 3 heterocycles. The number of rotatable bonds is 4. The molecule has 5 rings (SSSR count). The minimum absolute atomic E-state index is 0.0905. The Morgan fingerprint density at radius 3 is 2.60 bits per heavy atom. The van der Waals surface area contributed by atoms with Gasteiger partial charge in [0, 0.05) is 17.8 Å². The Hall–Kier alpha value is -3.81. The van der Waals surface area contributed by atoms with Gasteiger partial charge in [-0.25, -0.2) is 18.2 Å². The Morgan fingerprint density at radius 2 is 1.91 bits per heavy atom. The van der Waals surface area contributed by atoms with Crippen LogP contribution in [-0.2, 0) is 4.79 Å². The van der Waals surface area contributed by atoms with Crippen LogP contribution >= 0.6 is 0 Å². The molecule has 2 aromatic carbocycles. The summed E-state index contributed by atoms with van der Waals surface area (Å²) in [5.74, 6) is -3.62. The molecule has 0 aliphatic carbocycles. The summed E-state index contributed by atoms with van der Waals surface area (Å²) >= 11 is 0. The highest BCUT2D eigenvalue weighted by Crippen LogP contribution is 2.38. The molecule has 0 saturated carbocycles. The molecule has 2 atom stereocenters. The second kappa shape index (κ2) is 9.09. The number of hydrogen-bond acceptors (Lipinski definition) is 3. The zero-order chi connectivity index (χ0) is 24.7. The van der Waals surface area contributed by atoms with Crippen LogP contribution in [0.25, 0.3) is 11.8 Å². The first-order valence-electron chi connectivity index (χ1n) is 11.4. The minimum atomic E-state index is -1.51. The maximum atomic E-state index is 13.9. The van der Waals surface area contributed by atoms with Crippen molar-refractivity contribution in [1.82, 2.24) is 14.5 Å². The summed E-state index contributed by atoms with van der Waals surface area (Å²) in [6.45, 7) is 1.90. The van der Waals surface area contributed by atoms with E-state index in [9.17, 15) is 18.0 Å². The van der Waals surface area contributed by atoms with Crippen molar-refractivity contribution in [3.05, 3.63) is 94.9 Å². The summed E-state index contributed by atoms with van der Waals surface area (Å²) in [5, 5.41) is 0. The topological polar surface area (TPSA) is 47.4 Å². The number of fused-ring (bicyclic) bond motifs is 1. The van der Waals surface area contributed by atoms with E-state index >= 15 is 0 Å². The van der Waals surface area contributed by atoms with E-state index in [1.807, 2.05) is 48.0 Å². The molecule has 8 heteroatoms. The number of ether oxygens (including phenoxy) is 1. The monoisotopic (exact) mass is 479 g/mol. The second-order valence-electron chi connectivity index (χ2n) is 8.84. The highest BCUT2D eigenvalue weighted by atomic mass is 19.2. The largest absolute Gasteiger partial charge is 0.495 e. The third kappa shape index (κ3) is 4.24. The maximum Gasteiger partial charge on any atom is 0.250 e. The van der Waals surface area contributed by atoms with Gasteiger partial charge in [0.25, 0.3) is 5.91 Å². The number of carbonyl (C=O) groups excluding carboxylic acids is 1. The number of nitrogens with zero attached hydrogens (tertiary/aromatic N) is 3. The van der Waals surface area contributed by atoms with E-state index in [1.165, 1.54) is 0 Å². The lowest BCUT2D eigenvalue weighted by Crippen LogP contribution is -2.47. The van der Waals surface area contributed by atoms with E-state index < -0.39 is 23.5 Å². The molecule has 3 aromatic rings. The van der Waals surface area contributed by atoms with Gasteiger partial charge in [-0.3, -0.25) is 4.79 Å². The molecular formula is C27H24F3N3O2. The number of halogens is 3. The number of amides is 1. The van der Waals surface area contributed by atoms with Crippen molar-refractivity contribution in [3.8, 4) is 11.4 Å². The van der Waals surface area contributed by atoms with E-state index in [2.05, 4.69) is 4.98 Å². The van der Waals surface area contributed by atoms with Gasteiger partial charge in [0.1, 0.15) is 5.75 Å². The van der Waals surface area contributed by atoms with E-state index in [0.29, 0.717) is 30.6 Å². The first kappa shape index (κ1) is 23.0. The zero-order valence-electron chi connectivity index (χ0n) is 19.3. The molecule has 2 aliphatic heterocycles. The summed E-state index contributed by atoms with van der Waals surface area (Å²) in [4.78, 5) is 19.5. The molecule has 0 spiro atoms. The lowest BCUT2D eigenvalue weighted by molar-refractivity contribution is -0.133. The number of methoxy groups -OCH3 is 1. The first-order valence-corrected chi connectivity index (χ1v) is 11.4. The Labute approximate surface area is 201 Å². The average molecular weight is 480 g/mol. The van der Waals surface area contributed by atoms with Crippen molar-refractivity contribution in [3.63, 3.8) is 0 Å². The summed E-state index contributed by atoms with van der Waals surface area (Å²) < 4.78 is 48.8. The van der Waals surface area contributed by atoms with Crippen molar-refractivity contribution < 1.29 is 22.7 Å². The quantitative estimate of drug-likeness (QED) is 0.275. The number of hydrogen-bond donors (Lipinski definition) is 0. The van der Waals surface area contributed by atoms with Crippen LogP contribution in [0.1, 0.15) is 42.1 Å². The summed E-state index contributed by atoms with van der Waals surface area (Å²) in [6, 6.07) is 6.82. The van der Waals surface area contributed by atoms with Gasteiger partial charge in [-0.05, 0) is 67.7 Å². The molecule has 1 fully saturated rings. The zero-order valence-corrected chi connectivity index (χ0v) is 19.3. The van der Waals surface area contributed by atoms with Crippen molar-refractivity contribution in [2.24, 2.45) is 0 Å². The van der Waals surface area contributed by atoms with Crippen molar-refractivity contribution in [2.45, 2.75) is 38.3 Å². The molecule has 2 aliphatic rings. The molecule has 5 nitrogen and oxygen atoms in total. The first-order chi connectivity index (χ1) is 16.9. The van der Waals surface area contributed by atoms with Crippen molar-refractivity contribution >= 4 is 12.0 Å². The number of imidazole rings is 1. The second-order valence-corrected chi connectivity index (χ2v) is 8.84. The fourth-order valence-corrected chi connectivity index (χ4v) is 4.84. The minimum Gasteiger partial charge on any atom is -0.495 e. The van der Waals surface area contributed by atoms with Crippen LogP contribution in [0.4, 0.5) is 13.2 Å². The summed E-state index contributed by atoms with van der Waals surface area (Å²) in [7, 11) is 1.58. The van der Waals surface area contributed by atoms with Gasteiger partial charge in [0.05, 0.1) is 30.9 Å². The van der Waals surface area contributed by atoms with Crippen LogP contribution in [0.2, 0.25) is 0 Å². The van der Waals surface area contributed by atoms with Crippen LogP contribution in [0.3, 0.4) is 0 Å².